The number of nitrogens with one attached hydrogen (secondary N) is 1. The van der Waals surface area contributed by atoms with Gasteiger partial charge in [-0.3, -0.25) is 18.7 Å². The summed E-state index contributed by atoms with van der Waals surface area (Å²) >= 11 is 1.38. The zero-order chi connectivity index (χ0) is 22.3. The molecule has 164 valence electrons. The molecule has 1 aliphatic rings. The van der Waals surface area contributed by atoms with Crippen LogP contribution in [0, 0.1) is 0 Å². The van der Waals surface area contributed by atoms with Gasteiger partial charge in [0.05, 0.1) is 17.6 Å². The van der Waals surface area contributed by atoms with E-state index in [0.717, 1.165) is 16.0 Å². The van der Waals surface area contributed by atoms with Gasteiger partial charge in [-0.2, -0.15) is 0 Å². The molecule has 3 aromatic rings. The number of thiophene rings is 1. The lowest BCUT2D eigenvalue weighted by molar-refractivity contribution is -0.121. The molecule has 0 aliphatic carbocycles. The van der Waals surface area contributed by atoms with Gasteiger partial charge in [0.2, 0.25) is 5.91 Å². The normalized spacial score (nSPS) is 15.3. The van der Waals surface area contributed by atoms with Crippen molar-refractivity contribution in [3.05, 3.63) is 67.2 Å². The van der Waals surface area contributed by atoms with E-state index >= 15 is 0 Å². The monoisotopic (exact) mass is 441 g/mol. The van der Waals surface area contributed by atoms with E-state index in [-0.39, 0.29) is 29.7 Å². The summed E-state index contributed by atoms with van der Waals surface area (Å²) in [6.45, 7) is 8.24. The number of aromatic nitrogens is 2. The Balaban J connectivity index is 1.77. The quantitative estimate of drug-likeness (QED) is 0.660. The number of rotatable bonds is 5. The second-order valence-electron chi connectivity index (χ2n) is 8.81. The van der Waals surface area contributed by atoms with E-state index in [1.807, 2.05) is 44.2 Å². The molecule has 1 N–H and O–H groups in total. The van der Waals surface area contributed by atoms with Crippen LogP contribution in [0.5, 0.6) is 0 Å². The van der Waals surface area contributed by atoms with E-state index in [2.05, 4.69) is 5.32 Å². The second-order valence-corrected chi connectivity index (χ2v) is 9.89. The van der Waals surface area contributed by atoms with Crippen LogP contribution in [0.25, 0.3) is 10.2 Å². The molecule has 0 spiro atoms. The standard InChI is InChI=1S/C23H27N3O4S/c1-14(2)26-20(28)19-16-10-23(3,4)30-13-17(16)31-21(19)25(22(26)29)12-18(27)24-11-15-8-6-5-7-9-15/h5-9,14H,10-13H2,1-4H3,(H,24,27). The fraction of sp³-hybridized carbons (Fsp3) is 0.435. The van der Waals surface area contributed by atoms with Gasteiger partial charge in [-0.1, -0.05) is 30.3 Å². The average Bonchev–Trinajstić information content (AvgIpc) is 3.08. The number of carbonyl (C=O) groups excluding carboxylic acids is 1. The minimum absolute atomic E-state index is 0.140. The van der Waals surface area contributed by atoms with Crippen molar-refractivity contribution in [2.75, 3.05) is 0 Å². The SMILES string of the molecule is CC(C)n1c(=O)c2c3c(sc2n(CC(=O)NCc2ccccc2)c1=O)COC(C)(C)C3. The molecule has 0 fully saturated rings. The predicted octanol–water partition coefficient (Wildman–Crippen LogP) is 2.97. The smallest absolute Gasteiger partial charge is 0.332 e. The van der Waals surface area contributed by atoms with Crippen molar-refractivity contribution in [3.63, 3.8) is 0 Å². The Morgan fingerprint density at radius 3 is 2.61 bits per heavy atom. The maximum atomic E-state index is 13.3. The van der Waals surface area contributed by atoms with Gasteiger partial charge in [0.15, 0.2) is 0 Å². The largest absolute Gasteiger partial charge is 0.370 e. The Bertz CT molecular complexity index is 1250. The van der Waals surface area contributed by atoms with Crippen LogP contribution in [-0.4, -0.2) is 20.6 Å². The third-order valence-corrected chi connectivity index (χ3v) is 6.76. The molecule has 0 bridgehead atoms. The Morgan fingerprint density at radius 1 is 1.23 bits per heavy atom. The molecular formula is C23H27N3O4S. The van der Waals surface area contributed by atoms with Gasteiger partial charge in [0.1, 0.15) is 11.4 Å². The van der Waals surface area contributed by atoms with Gasteiger partial charge in [-0.25, -0.2) is 4.79 Å². The van der Waals surface area contributed by atoms with Gasteiger partial charge in [-0.15, -0.1) is 11.3 Å². The van der Waals surface area contributed by atoms with Crippen LogP contribution in [0.2, 0.25) is 0 Å². The summed E-state index contributed by atoms with van der Waals surface area (Å²) in [5.74, 6) is -0.274. The van der Waals surface area contributed by atoms with E-state index in [0.29, 0.717) is 29.8 Å². The molecule has 2 aromatic heterocycles. The molecule has 0 radical (unpaired) electrons. The van der Waals surface area contributed by atoms with E-state index < -0.39 is 5.69 Å². The van der Waals surface area contributed by atoms with Gasteiger partial charge in [0, 0.05) is 23.9 Å². The first-order valence-corrected chi connectivity index (χ1v) is 11.2. The summed E-state index contributed by atoms with van der Waals surface area (Å²) in [6.07, 6.45) is 0.591. The lowest BCUT2D eigenvalue weighted by Gasteiger charge is -2.30. The molecular weight excluding hydrogens is 414 g/mol. The number of amides is 1. The van der Waals surface area contributed by atoms with Crippen molar-refractivity contribution in [3.8, 4) is 0 Å². The molecule has 3 heterocycles. The summed E-state index contributed by atoms with van der Waals surface area (Å²) in [6, 6.07) is 9.28. The van der Waals surface area contributed by atoms with Gasteiger partial charge in [0.25, 0.3) is 5.56 Å². The molecule has 7 nitrogen and oxygen atoms in total. The minimum atomic E-state index is -0.457. The molecule has 1 aromatic carbocycles. The fourth-order valence-electron chi connectivity index (χ4n) is 3.96. The summed E-state index contributed by atoms with van der Waals surface area (Å²) in [5.41, 5.74) is 0.789. The van der Waals surface area contributed by atoms with Crippen molar-refractivity contribution < 1.29 is 9.53 Å². The third kappa shape index (κ3) is 4.09. The summed E-state index contributed by atoms with van der Waals surface area (Å²) < 4.78 is 8.60. The zero-order valence-electron chi connectivity index (χ0n) is 18.2. The van der Waals surface area contributed by atoms with Crippen LogP contribution in [-0.2, 0) is 35.6 Å². The minimum Gasteiger partial charge on any atom is -0.370 e. The fourth-order valence-corrected chi connectivity index (χ4v) is 5.18. The highest BCUT2D eigenvalue weighted by Gasteiger charge is 2.32. The van der Waals surface area contributed by atoms with Crippen LogP contribution in [0.1, 0.15) is 49.7 Å². The first-order valence-electron chi connectivity index (χ1n) is 10.4. The number of benzene rings is 1. The molecule has 0 saturated carbocycles. The Hall–Kier alpha value is -2.71. The summed E-state index contributed by atoms with van der Waals surface area (Å²) in [4.78, 5) is 40.7. The highest BCUT2D eigenvalue weighted by atomic mass is 32.1. The number of nitrogens with zero attached hydrogens (tertiary/aromatic N) is 2. The van der Waals surface area contributed by atoms with Gasteiger partial charge < -0.3 is 10.1 Å². The van der Waals surface area contributed by atoms with Crippen molar-refractivity contribution in [2.24, 2.45) is 0 Å². The lowest BCUT2D eigenvalue weighted by Crippen LogP contribution is -2.43. The number of carbonyl (C=O) groups is 1. The first kappa shape index (κ1) is 21.5. The summed E-state index contributed by atoms with van der Waals surface area (Å²) in [5, 5.41) is 3.41. The van der Waals surface area contributed by atoms with E-state index in [1.165, 1.54) is 20.5 Å². The average molecular weight is 442 g/mol. The molecule has 0 unspecified atom stereocenters. The molecule has 0 atom stereocenters. The Kier molecular flexibility index (Phi) is 5.61. The molecule has 31 heavy (non-hydrogen) atoms. The maximum absolute atomic E-state index is 13.3. The highest BCUT2D eigenvalue weighted by Crippen LogP contribution is 2.37. The first-order chi connectivity index (χ1) is 14.7. The number of hydrogen-bond acceptors (Lipinski definition) is 5. The van der Waals surface area contributed by atoms with Crippen LogP contribution in [0.4, 0.5) is 0 Å². The van der Waals surface area contributed by atoms with Crippen LogP contribution >= 0.6 is 11.3 Å². The second kappa shape index (κ2) is 8.09. The Labute approximate surface area is 184 Å². The van der Waals surface area contributed by atoms with Crippen molar-refractivity contribution in [1.29, 1.82) is 0 Å². The summed E-state index contributed by atoms with van der Waals surface area (Å²) in [7, 11) is 0. The molecule has 0 saturated heterocycles. The van der Waals surface area contributed by atoms with Crippen LogP contribution < -0.4 is 16.6 Å². The van der Waals surface area contributed by atoms with Gasteiger partial charge >= 0.3 is 5.69 Å². The van der Waals surface area contributed by atoms with Crippen molar-refractivity contribution in [2.45, 2.75) is 65.5 Å². The number of ether oxygens (including phenoxy) is 1. The maximum Gasteiger partial charge on any atom is 0.332 e. The number of hydrogen-bond donors (Lipinski definition) is 1. The van der Waals surface area contributed by atoms with Crippen molar-refractivity contribution in [1.82, 2.24) is 14.5 Å². The molecule has 1 aliphatic heterocycles. The Morgan fingerprint density at radius 2 is 1.94 bits per heavy atom. The van der Waals surface area contributed by atoms with E-state index in [1.54, 1.807) is 13.8 Å². The lowest BCUT2D eigenvalue weighted by atomic mass is 9.94. The highest BCUT2D eigenvalue weighted by molar-refractivity contribution is 7.18. The predicted molar refractivity (Wildman–Crippen MR) is 122 cm³/mol. The molecule has 8 heteroatoms. The van der Waals surface area contributed by atoms with Gasteiger partial charge in [-0.05, 0) is 38.8 Å². The zero-order valence-corrected chi connectivity index (χ0v) is 19.0. The topological polar surface area (TPSA) is 82.3 Å². The van der Waals surface area contributed by atoms with E-state index in [4.69, 9.17) is 4.74 Å². The van der Waals surface area contributed by atoms with Crippen molar-refractivity contribution >= 4 is 27.5 Å². The number of fused-ring (bicyclic) bond motifs is 3. The molecule has 4 rings (SSSR count). The molecule has 1 amide bonds. The van der Waals surface area contributed by atoms with E-state index in [9.17, 15) is 14.4 Å². The third-order valence-electron chi connectivity index (χ3n) is 5.53. The van der Waals surface area contributed by atoms with Crippen LogP contribution in [0.3, 0.4) is 0 Å². The van der Waals surface area contributed by atoms with Crippen LogP contribution in [0.15, 0.2) is 39.9 Å².